The molecule has 1 aliphatic heterocycles. The van der Waals surface area contributed by atoms with Crippen LogP contribution < -0.4 is 10.2 Å². The number of hydrogen-bond acceptors (Lipinski definition) is 4. The normalized spacial score (nSPS) is 12.7. The summed E-state index contributed by atoms with van der Waals surface area (Å²) in [6, 6.07) is 17.7. The van der Waals surface area contributed by atoms with Crippen molar-refractivity contribution in [2.45, 2.75) is 13.0 Å². The number of pyridine rings is 2. The number of benzene rings is 1. The van der Waals surface area contributed by atoms with Crippen LogP contribution >= 0.6 is 0 Å². The summed E-state index contributed by atoms with van der Waals surface area (Å²) in [5.41, 5.74) is 4.80. The molecule has 2 aromatic heterocycles. The van der Waals surface area contributed by atoms with Crippen LogP contribution in [-0.4, -0.2) is 22.4 Å². The second kappa shape index (κ2) is 6.73. The zero-order chi connectivity index (χ0) is 17.1. The van der Waals surface area contributed by atoms with Gasteiger partial charge in [-0.3, -0.25) is 9.78 Å². The summed E-state index contributed by atoms with van der Waals surface area (Å²) in [5, 5.41) is 2.84. The molecule has 1 N–H and O–H groups in total. The molecule has 5 nitrogen and oxygen atoms in total. The minimum Gasteiger partial charge on any atom is -0.345 e. The fraction of sp³-hybridized carbons (Fsp3) is 0.150. The Morgan fingerprint density at radius 2 is 1.92 bits per heavy atom. The lowest BCUT2D eigenvalue weighted by Gasteiger charge is -2.19. The van der Waals surface area contributed by atoms with Crippen molar-refractivity contribution in [1.29, 1.82) is 0 Å². The lowest BCUT2D eigenvalue weighted by Crippen LogP contribution is -2.24. The highest BCUT2D eigenvalue weighted by Crippen LogP contribution is 2.33. The fourth-order valence-corrected chi connectivity index (χ4v) is 3.05. The van der Waals surface area contributed by atoms with Crippen LogP contribution in [0.25, 0.3) is 0 Å². The van der Waals surface area contributed by atoms with Crippen LogP contribution in [0.3, 0.4) is 0 Å². The summed E-state index contributed by atoms with van der Waals surface area (Å²) in [5.74, 6) is -0.195. The largest absolute Gasteiger partial charge is 0.345 e. The van der Waals surface area contributed by atoms with Gasteiger partial charge in [0.2, 0.25) is 0 Å². The van der Waals surface area contributed by atoms with Crippen LogP contribution in [0.2, 0.25) is 0 Å². The molecule has 0 fully saturated rings. The van der Waals surface area contributed by atoms with Crippen molar-refractivity contribution >= 4 is 17.3 Å². The van der Waals surface area contributed by atoms with Crippen molar-refractivity contribution in [2.75, 3.05) is 11.4 Å². The van der Waals surface area contributed by atoms with Crippen molar-refractivity contribution in [2.24, 2.45) is 0 Å². The first-order chi connectivity index (χ1) is 12.3. The molecule has 1 amide bonds. The van der Waals surface area contributed by atoms with Crippen molar-refractivity contribution in [3.05, 3.63) is 83.9 Å². The van der Waals surface area contributed by atoms with E-state index in [2.05, 4.69) is 38.4 Å². The van der Waals surface area contributed by atoms with Crippen LogP contribution in [0.15, 0.2) is 67.0 Å². The standard InChI is InChI=1S/C20H18N4O/c25-20(23-13-16-6-3-4-11-21-16)18-9-8-17(14-22-18)24-12-10-15-5-1-2-7-19(15)24/h1-9,11,14H,10,12-13H2,(H,23,25). The first-order valence-corrected chi connectivity index (χ1v) is 8.31. The number of nitrogens with one attached hydrogen (secondary N) is 1. The third kappa shape index (κ3) is 3.21. The number of nitrogens with zero attached hydrogens (tertiary/aromatic N) is 3. The van der Waals surface area contributed by atoms with E-state index in [-0.39, 0.29) is 5.91 Å². The minimum absolute atomic E-state index is 0.195. The van der Waals surface area contributed by atoms with Gasteiger partial charge < -0.3 is 10.2 Å². The number of rotatable bonds is 4. The maximum absolute atomic E-state index is 12.2. The number of fused-ring (bicyclic) bond motifs is 1. The smallest absolute Gasteiger partial charge is 0.270 e. The highest BCUT2D eigenvalue weighted by molar-refractivity contribution is 5.92. The molecule has 0 saturated carbocycles. The van der Waals surface area contributed by atoms with Crippen molar-refractivity contribution < 1.29 is 4.79 Å². The van der Waals surface area contributed by atoms with E-state index in [1.807, 2.05) is 30.3 Å². The van der Waals surface area contributed by atoms with Gasteiger partial charge in [-0.15, -0.1) is 0 Å². The van der Waals surface area contributed by atoms with Crippen molar-refractivity contribution in [1.82, 2.24) is 15.3 Å². The summed E-state index contributed by atoms with van der Waals surface area (Å²) in [6.07, 6.45) is 4.50. The van der Waals surface area contributed by atoms with Crippen LogP contribution in [0, 0.1) is 0 Å². The molecule has 0 radical (unpaired) electrons. The molecule has 1 aliphatic rings. The minimum atomic E-state index is -0.195. The second-order valence-electron chi connectivity index (χ2n) is 5.94. The van der Waals surface area contributed by atoms with E-state index < -0.39 is 0 Å². The molecule has 0 aliphatic carbocycles. The number of aromatic nitrogens is 2. The zero-order valence-electron chi connectivity index (χ0n) is 13.7. The number of hydrogen-bond donors (Lipinski definition) is 1. The molecule has 124 valence electrons. The summed E-state index contributed by atoms with van der Waals surface area (Å²) in [7, 11) is 0. The van der Waals surface area contributed by atoms with Crippen molar-refractivity contribution in [3.8, 4) is 0 Å². The van der Waals surface area contributed by atoms with E-state index in [1.165, 1.54) is 11.3 Å². The third-order valence-corrected chi connectivity index (χ3v) is 4.34. The van der Waals surface area contributed by atoms with Gasteiger partial charge in [0, 0.05) is 18.4 Å². The average molecular weight is 330 g/mol. The molecule has 0 atom stereocenters. The van der Waals surface area contributed by atoms with E-state index in [0.717, 1.165) is 24.3 Å². The van der Waals surface area contributed by atoms with E-state index in [1.54, 1.807) is 18.5 Å². The number of carbonyl (C=O) groups is 1. The number of para-hydroxylation sites is 1. The Bertz CT molecular complexity index is 878. The Kier molecular flexibility index (Phi) is 4.12. The SMILES string of the molecule is O=C(NCc1ccccn1)c1ccc(N2CCc3ccccc32)cn1. The average Bonchev–Trinajstić information content (AvgIpc) is 3.11. The summed E-state index contributed by atoms with van der Waals surface area (Å²) < 4.78 is 0. The fourth-order valence-electron chi connectivity index (χ4n) is 3.05. The van der Waals surface area contributed by atoms with Gasteiger partial charge in [0.05, 0.1) is 24.1 Å². The van der Waals surface area contributed by atoms with Gasteiger partial charge in [0.1, 0.15) is 5.69 Å². The Hall–Kier alpha value is -3.21. The van der Waals surface area contributed by atoms with Gasteiger partial charge >= 0.3 is 0 Å². The predicted octanol–water partition coefficient (Wildman–Crippen LogP) is 3.10. The molecule has 0 saturated heterocycles. The number of carbonyl (C=O) groups excluding carboxylic acids is 1. The molecule has 5 heteroatoms. The molecule has 3 heterocycles. The molecule has 25 heavy (non-hydrogen) atoms. The van der Waals surface area contributed by atoms with Gasteiger partial charge in [-0.05, 0) is 42.3 Å². The van der Waals surface area contributed by atoms with E-state index in [0.29, 0.717) is 12.2 Å². The lowest BCUT2D eigenvalue weighted by atomic mass is 10.2. The summed E-state index contributed by atoms with van der Waals surface area (Å²) in [4.78, 5) is 23.0. The van der Waals surface area contributed by atoms with E-state index in [4.69, 9.17) is 0 Å². The van der Waals surface area contributed by atoms with Crippen LogP contribution in [0.5, 0.6) is 0 Å². The predicted molar refractivity (Wildman–Crippen MR) is 96.8 cm³/mol. The first-order valence-electron chi connectivity index (χ1n) is 8.31. The number of amides is 1. The monoisotopic (exact) mass is 330 g/mol. The maximum atomic E-state index is 12.2. The Morgan fingerprint density at radius 1 is 1.04 bits per heavy atom. The highest BCUT2D eigenvalue weighted by Gasteiger charge is 2.20. The first kappa shape index (κ1) is 15.3. The molecule has 4 rings (SSSR count). The van der Waals surface area contributed by atoms with Gasteiger partial charge in [-0.1, -0.05) is 24.3 Å². The van der Waals surface area contributed by atoms with Gasteiger partial charge in [-0.25, -0.2) is 4.98 Å². The van der Waals surface area contributed by atoms with Crippen LogP contribution in [-0.2, 0) is 13.0 Å². The van der Waals surface area contributed by atoms with Crippen molar-refractivity contribution in [3.63, 3.8) is 0 Å². The quantitative estimate of drug-likeness (QED) is 0.798. The lowest BCUT2D eigenvalue weighted by molar-refractivity contribution is 0.0945. The molecule has 3 aromatic rings. The Labute approximate surface area is 146 Å². The molecule has 0 bridgehead atoms. The van der Waals surface area contributed by atoms with Crippen LogP contribution in [0.1, 0.15) is 21.7 Å². The topological polar surface area (TPSA) is 58.1 Å². The molecule has 0 unspecified atom stereocenters. The van der Waals surface area contributed by atoms with Gasteiger partial charge in [0.25, 0.3) is 5.91 Å². The van der Waals surface area contributed by atoms with Crippen LogP contribution in [0.4, 0.5) is 11.4 Å². The van der Waals surface area contributed by atoms with Gasteiger partial charge in [-0.2, -0.15) is 0 Å². The molecular formula is C20H18N4O. The summed E-state index contributed by atoms with van der Waals surface area (Å²) in [6.45, 7) is 1.33. The molecule has 0 spiro atoms. The molecule has 1 aromatic carbocycles. The number of anilines is 2. The Morgan fingerprint density at radius 3 is 2.72 bits per heavy atom. The van der Waals surface area contributed by atoms with Gasteiger partial charge in [0.15, 0.2) is 0 Å². The van der Waals surface area contributed by atoms with E-state index >= 15 is 0 Å². The summed E-state index contributed by atoms with van der Waals surface area (Å²) >= 11 is 0. The maximum Gasteiger partial charge on any atom is 0.270 e. The zero-order valence-corrected chi connectivity index (χ0v) is 13.7. The van der Waals surface area contributed by atoms with E-state index in [9.17, 15) is 4.79 Å². The Balaban J connectivity index is 1.45. The second-order valence-corrected chi connectivity index (χ2v) is 5.94. The molecular weight excluding hydrogens is 312 g/mol. The third-order valence-electron chi connectivity index (χ3n) is 4.34. The highest BCUT2D eigenvalue weighted by atomic mass is 16.1.